The lowest BCUT2D eigenvalue weighted by Crippen LogP contribution is -2.48. The number of piperazine rings is 1. The van der Waals surface area contributed by atoms with Gasteiger partial charge in [0, 0.05) is 44.5 Å². The highest BCUT2D eigenvalue weighted by Crippen LogP contribution is 2.34. The molecule has 1 aromatic carbocycles. The third kappa shape index (κ3) is 4.85. The Morgan fingerprint density at radius 1 is 1.25 bits per heavy atom. The first-order valence-corrected chi connectivity index (χ1v) is 7.90. The molecule has 0 bridgehead atoms. The van der Waals surface area contributed by atoms with Crippen LogP contribution >= 0.6 is 0 Å². The van der Waals surface area contributed by atoms with Crippen molar-refractivity contribution >= 4 is 11.7 Å². The summed E-state index contributed by atoms with van der Waals surface area (Å²) < 4.78 is 40.0. The summed E-state index contributed by atoms with van der Waals surface area (Å²) in [5, 5.41) is 2.18. The topological polar surface area (TPSA) is 61.6 Å². The van der Waals surface area contributed by atoms with Crippen molar-refractivity contribution in [3.8, 4) is 0 Å². The first kappa shape index (κ1) is 18.5. The SMILES string of the molecule is CC(C)N1CCN(Cc2ccc(NC(N)=O)cc2C(F)(F)F)CC1. The van der Waals surface area contributed by atoms with Crippen molar-refractivity contribution in [2.75, 3.05) is 31.5 Å². The molecule has 3 N–H and O–H groups in total. The van der Waals surface area contributed by atoms with Crippen LogP contribution in [0.1, 0.15) is 25.0 Å². The highest BCUT2D eigenvalue weighted by Gasteiger charge is 2.34. The number of alkyl halides is 3. The monoisotopic (exact) mass is 344 g/mol. The largest absolute Gasteiger partial charge is 0.416 e. The summed E-state index contributed by atoms with van der Waals surface area (Å²) in [6.45, 7) is 7.62. The summed E-state index contributed by atoms with van der Waals surface area (Å²) >= 11 is 0. The van der Waals surface area contributed by atoms with Crippen LogP contribution in [0.2, 0.25) is 0 Å². The number of halogens is 3. The van der Waals surface area contributed by atoms with Crippen molar-refractivity contribution in [2.45, 2.75) is 32.6 Å². The third-order valence-corrected chi connectivity index (χ3v) is 4.21. The summed E-state index contributed by atoms with van der Waals surface area (Å²) in [7, 11) is 0. The molecule has 8 heteroatoms. The molecule has 5 nitrogen and oxygen atoms in total. The maximum absolute atomic E-state index is 13.3. The van der Waals surface area contributed by atoms with Crippen molar-refractivity contribution in [1.82, 2.24) is 9.80 Å². The second-order valence-corrected chi connectivity index (χ2v) is 6.26. The second-order valence-electron chi connectivity index (χ2n) is 6.26. The average molecular weight is 344 g/mol. The van der Waals surface area contributed by atoms with E-state index in [1.165, 1.54) is 12.1 Å². The maximum Gasteiger partial charge on any atom is 0.416 e. The first-order valence-electron chi connectivity index (χ1n) is 7.90. The minimum Gasteiger partial charge on any atom is -0.351 e. The van der Waals surface area contributed by atoms with Crippen LogP contribution in [0, 0.1) is 0 Å². The van der Waals surface area contributed by atoms with Gasteiger partial charge in [0.2, 0.25) is 0 Å². The Balaban J connectivity index is 2.13. The highest BCUT2D eigenvalue weighted by molar-refractivity contribution is 5.87. The van der Waals surface area contributed by atoms with Gasteiger partial charge >= 0.3 is 12.2 Å². The highest BCUT2D eigenvalue weighted by atomic mass is 19.4. The van der Waals surface area contributed by atoms with Gasteiger partial charge in [-0.15, -0.1) is 0 Å². The molecule has 1 heterocycles. The smallest absolute Gasteiger partial charge is 0.351 e. The Labute approximate surface area is 139 Å². The van der Waals surface area contributed by atoms with E-state index in [9.17, 15) is 18.0 Å². The van der Waals surface area contributed by atoms with Crippen LogP contribution in [-0.2, 0) is 12.7 Å². The van der Waals surface area contributed by atoms with Crippen LogP contribution in [0.3, 0.4) is 0 Å². The molecular weight excluding hydrogens is 321 g/mol. The van der Waals surface area contributed by atoms with Gasteiger partial charge < -0.3 is 11.1 Å². The zero-order chi connectivity index (χ0) is 17.9. The van der Waals surface area contributed by atoms with E-state index in [0.717, 1.165) is 32.2 Å². The van der Waals surface area contributed by atoms with Gasteiger partial charge in [-0.25, -0.2) is 4.79 Å². The van der Waals surface area contributed by atoms with E-state index in [1.54, 1.807) is 0 Å². The Morgan fingerprint density at radius 2 is 1.88 bits per heavy atom. The van der Waals surface area contributed by atoms with Gasteiger partial charge in [0.05, 0.1) is 5.56 Å². The van der Waals surface area contributed by atoms with Crippen molar-refractivity contribution in [2.24, 2.45) is 5.73 Å². The summed E-state index contributed by atoms with van der Waals surface area (Å²) in [6.07, 6.45) is -4.48. The van der Waals surface area contributed by atoms with Crippen molar-refractivity contribution in [1.29, 1.82) is 0 Å². The third-order valence-electron chi connectivity index (χ3n) is 4.21. The predicted molar refractivity (Wildman–Crippen MR) is 86.6 cm³/mol. The molecule has 0 radical (unpaired) electrons. The van der Waals surface area contributed by atoms with Gasteiger partial charge in [-0.3, -0.25) is 9.80 Å². The van der Waals surface area contributed by atoms with Crippen LogP contribution in [0.15, 0.2) is 18.2 Å². The molecule has 134 valence electrons. The molecule has 24 heavy (non-hydrogen) atoms. The molecule has 0 spiro atoms. The number of nitrogens with two attached hydrogens (primary N) is 1. The number of amides is 2. The number of carbonyl (C=O) groups excluding carboxylic acids is 1. The van der Waals surface area contributed by atoms with E-state index in [0.29, 0.717) is 6.04 Å². The molecule has 0 unspecified atom stereocenters. The van der Waals surface area contributed by atoms with Gasteiger partial charge in [0.1, 0.15) is 0 Å². The summed E-state index contributed by atoms with van der Waals surface area (Å²) in [4.78, 5) is 15.2. The Morgan fingerprint density at radius 3 is 2.38 bits per heavy atom. The molecular formula is C16H23F3N4O. The van der Waals surface area contributed by atoms with Crippen LogP contribution in [0.4, 0.5) is 23.7 Å². The van der Waals surface area contributed by atoms with E-state index in [-0.39, 0.29) is 17.8 Å². The predicted octanol–water partition coefficient (Wildman–Crippen LogP) is 2.72. The van der Waals surface area contributed by atoms with E-state index >= 15 is 0 Å². The van der Waals surface area contributed by atoms with Crippen molar-refractivity contribution in [3.63, 3.8) is 0 Å². The van der Waals surface area contributed by atoms with E-state index in [4.69, 9.17) is 5.73 Å². The Hall–Kier alpha value is -1.80. The standard InChI is InChI=1S/C16H23F3N4O/c1-11(2)23-7-5-22(6-8-23)10-12-3-4-13(21-15(20)24)9-14(12)16(17,18)19/h3-4,9,11H,5-8,10H2,1-2H3,(H3,20,21,24). The van der Waals surface area contributed by atoms with Gasteiger partial charge in [-0.2, -0.15) is 13.2 Å². The lowest BCUT2D eigenvalue weighted by Gasteiger charge is -2.37. The molecule has 0 atom stereocenters. The molecule has 0 aliphatic carbocycles. The quantitative estimate of drug-likeness (QED) is 0.883. The molecule has 0 saturated carbocycles. The number of nitrogens with zero attached hydrogens (tertiary/aromatic N) is 2. The Bertz CT molecular complexity index is 581. The van der Waals surface area contributed by atoms with E-state index in [1.807, 2.05) is 4.90 Å². The normalized spacial score (nSPS) is 17.2. The summed E-state index contributed by atoms with van der Waals surface area (Å²) in [5.74, 6) is 0. The van der Waals surface area contributed by atoms with E-state index in [2.05, 4.69) is 24.1 Å². The fourth-order valence-corrected chi connectivity index (χ4v) is 2.88. The van der Waals surface area contributed by atoms with Gasteiger partial charge in [-0.05, 0) is 31.5 Å². The average Bonchev–Trinajstić information content (AvgIpc) is 2.47. The van der Waals surface area contributed by atoms with Gasteiger partial charge in [0.15, 0.2) is 0 Å². The lowest BCUT2D eigenvalue weighted by atomic mass is 10.0. The minimum atomic E-state index is -4.48. The number of carbonyl (C=O) groups is 1. The Kier molecular flexibility index (Phi) is 5.71. The fraction of sp³-hybridized carbons (Fsp3) is 0.562. The number of urea groups is 1. The molecule has 1 aliphatic rings. The molecule has 1 aromatic rings. The summed E-state index contributed by atoms with van der Waals surface area (Å²) in [5.41, 5.74) is 4.48. The van der Waals surface area contributed by atoms with Crippen LogP contribution in [0.5, 0.6) is 0 Å². The molecule has 2 rings (SSSR count). The molecule has 1 fully saturated rings. The number of primary amides is 1. The molecule has 1 aliphatic heterocycles. The fourth-order valence-electron chi connectivity index (χ4n) is 2.88. The van der Waals surface area contributed by atoms with Crippen LogP contribution in [-0.4, -0.2) is 48.1 Å². The zero-order valence-corrected chi connectivity index (χ0v) is 13.9. The number of anilines is 1. The van der Waals surface area contributed by atoms with E-state index < -0.39 is 17.8 Å². The van der Waals surface area contributed by atoms with Gasteiger partial charge in [-0.1, -0.05) is 6.07 Å². The number of hydrogen-bond acceptors (Lipinski definition) is 3. The van der Waals surface area contributed by atoms with Crippen molar-refractivity contribution < 1.29 is 18.0 Å². The maximum atomic E-state index is 13.3. The number of rotatable bonds is 4. The zero-order valence-electron chi connectivity index (χ0n) is 13.9. The minimum absolute atomic E-state index is 0.0446. The molecule has 0 aromatic heterocycles. The number of hydrogen-bond donors (Lipinski definition) is 2. The van der Waals surface area contributed by atoms with Crippen LogP contribution < -0.4 is 11.1 Å². The molecule has 1 saturated heterocycles. The number of nitrogens with one attached hydrogen (secondary N) is 1. The number of benzene rings is 1. The summed E-state index contributed by atoms with van der Waals surface area (Å²) in [6, 6.07) is 3.34. The molecule has 2 amide bonds. The van der Waals surface area contributed by atoms with Crippen LogP contribution in [0.25, 0.3) is 0 Å². The van der Waals surface area contributed by atoms with Gasteiger partial charge in [0.25, 0.3) is 0 Å². The second kappa shape index (κ2) is 7.40. The van der Waals surface area contributed by atoms with Crippen molar-refractivity contribution in [3.05, 3.63) is 29.3 Å². The lowest BCUT2D eigenvalue weighted by molar-refractivity contribution is -0.138. The first-order chi connectivity index (χ1) is 11.2.